The van der Waals surface area contributed by atoms with Gasteiger partial charge in [0.15, 0.2) is 5.84 Å². The van der Waals surface area contributed by atoms with Gasteiger partial charge in [0.25, 0.3) is 5.91 Å². The van der Waals surface area contributed by atoms with E-state index in [0.29, 0.717) is 47.0 Å². The zero-order chi connectivity index (χ0) is 25.5. The highest BCUT2D eigenvalue weighted by molar-refractivity contribution is 6.22. The van der Waals surface area contributed by atoms with Crippen LogP contribution in [0.5, 0.6) is 5.75 Å². The van der Waals surface area contributed by atoms with Gasteiger partial charge in [-0.3, -0.25) is 9.79 Å². The van der Waals surface area contributed by atoms with Crippen molar-refractivity contribution >= 4 is 42.8 Å². The van der Waals surface area contributed by atoms with E-state index in [0.717, 1.165) is 23.6 Å². The Morgan fingerprint density at radius 1 is 1.08 bits per heavy atom. The molecule has 3 aromatic rings. The number of allylic oxidation sites excluding steroid dienone is 1. The summed E-state index contributed by atoms with van der Waals surface area (Å²) in [6.45, 7) is 6.47. The SMILES string of the molecule is [B]/C(C)=C1\NC(c2ccccc2O)=CC(=NCCCCNC(=O)c2ccc3ccccc3c2)N1N=C. The predicted octanol–water partition coefficient (Wildman–Crippen LogP) is 4.37. The van der Waals surface area contributed by atoms with Crippen molar-refractivity contribution in [1.29, 1.82) is 0 Å². The third-order valence-corrected chi connectivity index (χ3v) is 5.82. The number of hydrogen-bond acceptors (Lipinski definition) is 5. The number of amides is 1. The third-order valence-electron chi connectivity index (χ3n) is 5.82. The molecule has 180 valence electrons. The molecule has 0 aliphatic carbocycles. The zero-order valence-corrected chi connectivity index (χ0v) is 20.2. The number of hydrazone groups is 1. The van der Waals surface area contributed by atoms with Crippen LogP contribution in [-0.2, 0) is 0 Å². The number of nitrogens with zero attached hydrogens (tertiary/aromatic N) is 3. The summed E-state index contributed by atoms with van der Waals surface area (Å²) in [5.74, 6) is 1.15. The molecule has 0 saturated heterocycles. The van der Waals surface area contributed by atoms with E-state index in [2.05, 4.69) is 22.5 Å². The Morgan fingerprint density at radius 2 is 1.83 bits per heavy atom. The summed E-state index contributed by atoms with van der Waals surface area (Å²) < 4.78 is 0. The molecule has 3 aromatic carbocycles. The Balaban J connectivity index is 1.38. The number of hydrogen-bond donors (Lipinski definition) is 3. The molecule has 0 bridgehead atoms. The molecule has 3 N–H and O–H groups in total. The van der Waals surface area contributed by atoms with Gasteiger partial charge < -0.3 is 15.7 Å². The first-order valence-corrected chi connectivity index (χ1v) is 11.8. The lowest BCUT2D eigenvalue weighted by atomic mass is 9.96. The number of nitrogens with one attached hydrogen (secondary N) is 2. The topological polar surface area (TPSA) is 89.3 Å². The highest BCUT2D eigenvalue weighted by atomic mass is 16.3. The lowest BCUT2D eigenvalue weighted by Crippen LogP contribution is -2.37. The Hall–Kier alpha value is -4.33. The van der Waals surface area contributed by atoms with Crippen LogP contribution in [0.2, 0.25) is 0 Å². The number of phenolic OH excluding ortho intramolecular Hbond substituents is 1. The van der Waals surface area contributed by atoms with Crippen molar-refractivity contribution in [3.8, 4) is 5.75 Å². The number of phenols is 1. The number of amidine groups is 1. The van der Waals surface area contributed by atoms with Crippen LogP contribution in [0.3, 0.4) is 0 Å². The standard InChI is InChI=1S/C28H28BN5O2/c1-19(29)27-33-24(23-11-5-6-12-25(23)35)18-26(34(27)30-2)31-15-7-8-16-32-28(36)22-14-13-20-9-3-4-10-21(20)17-22/h3-6,9-14,17-18,33,35H,2,7-8,15-16H2,1H3,(H,32,36)/b27-19+,31-26?. The van der Waals surface area contributed by atoms with E-state index in [1.807, 2.05) is 54.6 Å². The number of carbonyl (C=O) groups is 1. The van der Waals surface area contributed by atoms with Crippen molar-refractivity contribution in [2.75, 3.05) is 13.1 Å². The summed E-state index contributed by atoms with van der Waals surface area (Å²) in [6, 6.07) is 20.7. The van der Waals surface area contributed by atoms with Gasteiger partial charge >= 0.3 is 0 Å². The fourth-order valence-corrected chi connectivity index (χ4v) is 3.95. The van der Waals surface area contributed by atoms with E-state index in [1.165, 1.54) is 0 Å². The lowest BCUT2D eigenvalue weighted by Gasteiger charge is -2.30. The van der Waals surface area contributed by atoms with Crippen LogP contribution < -0.4 is 10.6 Å². The van der Waals surface area contributed by atoms with E-state index in [9.17, 15) is 9.90 Å². The van der Waals surface area contributed by atoms with Crippen LogP contribution in [0.4, 0.5) is 0 Å². The number of carbonyl (C=O) groups excluding carboxylic acids is 1. The van der Waals surface area contributed by atoms with Crippen LogP contribution in [0, 0.1) is 0 Å². The van der Waals surface area contributed by atoms with Crippen molar-refractivity contribution in [1.82, 2.24) is 15.6 Å². The van der Waals surface area contributed by atoms with Crippen molar-refractivity contribution in [2.45, 2.75) is 19.8 Å². The Kier molecular flexibility index (Phi) is 7.85. The van der Waals surface area contributed by atoms with E-state index < -0.39 is 0 Å². The number of aliphatic imine (C=N–C) groups is 1. The van der Waals surface area contributed by atoms with E-state index in [4.69, 9.17) is 12.8 Å². The molecule has 1 aliphatic heterocycles. The van der Waals surface area contributed by atoms with Gasteiger partial charge in [0.1, 0.15) is 19.4 Å². The molecule has 0 atom stereocenters. The van der Waals surface area contributed by atoms with Gasteiger partial charge in [0.2, 0.25) is 0 Å². The Bertz CT molecular complexity index is 1380. The van der Waals surface area contributed by atoms with Gasteiger partial charge in [-0.05, 0) is 54.8 Å². The zero-order valence-electron chi connectivity index (χ0n) is 20.2. The quantitative estimate of drug-likeness (QED) is 0.255. The van der Waals surface area contributed by atoms with Gasteiger partial charge in [-0.1, -0.05) is 47.9 Å². The monoisotopic (exact) mass is 477 g/mol. The minimum atomic E-state index is -0.0871. The van der Waals surface area contributed by atoms with Gasteiger partial charge in [-0.2, -0.15) is 5.10 Å². The van der Waals surface area contributed by atoms with Crippen LogP contribution >= 0.6 is 0 Å². The molecular formula is C28H28BN5O2. The molecule has 7 nitrogen and oxygen atoms in total. The number of benzene rings is 3. The van der Waals surface area contributed by atoms with Crippen LogP contribution in [-0.4, -0.2) is 49.5 Å². The maximum absolute atomic E-state index is 12.5. The average molecular weight is 477 g/mol. The molecule has 0 spiro atoms. The number of fused-ring (bicyclic) bond motifs is 1. The molecule has 0 saturated carbocycles. The molecule has 0 unspecified atom stereocenters. The summed E-state index contributed by atoms with van der Waals surface area (Å²) >= 11 is 0. The molecular weight excluding hydrogens is 449 g/mol. The molecule has 0 aromatic heterocycles. The first kappa shape index (κ1) is 24.8. The van der Waals surface area contributed by atoms with Gasteiger partial charge in [-0.15, -0.1) is 0 Å². The normalized spacial score (nSPS) is 15.9. The molecule has 2 radical (unpaired) electrons. The Labute approximate surface area is 212 Å². The average Bonchev–Trinajstić information content (AvgIpc) is 2.89. The fraction of sp³-hybridized carbons (Fsp3) is 0.179. The van der Waals surface area contributed by atoms with E-state index in [1.54, 1.807) is 30.1 Å². The van der Waals surface area contributed by atoms with E-state index in [-0.39, 0.29) is 11.7 Å². The highest BCUT2D eigenvalue weighted by Crippen LogP contribution is 2.28. The number of para-hydroxylation sites is 1. The van der Waals surface area contributed by atoms with Crippen LogP contribution in [0.1, 0.15) is 35.7 Å². The second kappa shape index (κ2) is 11.4. The van der Waals surface area contributed by atoms with Crippen molar-refractivity contribution in [3.63, 3.8) is 0 Å². The molecule has 36 heavy (non-hydrogen) atoms. The second-order valence-corrected chi connectivity index (χ2v) is 8.45. The molecule has 4 rings (SSSR count). The molecule has 0 fully saturated rings. The third kappa shape index (κ3) is 5.66. The molecule has 1 aliphatic rings. The first-order chi connectivity index (χ1) is 17.5. The minimum absolute atomic E-state index is 0.0871. The smallest absolute Gasteiger partial charge is 0.251 e. The largest absolute Gasteiger partial charge is 0.507 e. The summed E-state index contributed by atoms with van der Waals surface area (Å²) in [5.41, 5.74) is 2.44. The van der Waals surface area contributed by atoms with Gasteiger partial charge in [-0.25, -0.2) is 5.01 Å². The predicted molar refractivity (Wildman–Crippen MR) is 147 cm³/mol. The van der Waals surface area contributed by atoms with Crippen molar-refractivity contribution in [2.24, 2.45) is 10.1 Å². The summed E-state index contributed by atoms with van der Waals surface area (Å²) in [6.07, 6.45) is 3.34. The second-order valence-electron chi connectivity index (χ2n) is 8.45. The fourth-order valence-electron chi connectivity index (χ4n) is 3.95. The highest BCUT2D eigenvalue weighted by Gasteiger charge is 2.23. The van der Waals surface area contributed by atoms with Gasteiger partial charge in [0, 0.05) is 37.0 Å². The number of aromatic hydroxyl groups is 1. The van der Waals surface area contributed by atoms with Crippen molar-refractivity contribution in [3.05, 3.63) is 95.2 Å². The first-order valence-electron chi connectivity index (χ1n) is 11.8. The van der Waals surface area contributed by atoms with Crippen LogP contribution in [0.25, 0.3) is 16.5 Å². The molecule has 1 heterocycles. The minimum Gasteiger partial charge on any atom is -0.507 e. The number of unbranched alkanes of at least 4 members (excludes halogenated alkanes) is 1. The Morgan fingerprint density at radius 3 is 2.58 bits per heavy atom. The summed E-state index contributed by atoms with van der Waals surface area (Å²) in [4.78, 5) is 17.2. The summed E-state index contributed by atoms with van der Waals surface area (Å²) in [5, 5.41) is 24.2. The molecule has 1 amide bonds. The van der Waals surface area contributed by atoms with Crippen molar-refractivity contribution < 1.29 is 9.90 Å². The summed E-state index contributed by atoms with van der Waals surface area (Å²) in [7, 11) is 6.08. The maximum atomic E-state index is 12.5. The maximum Gasteiger partial charge on any atom is 0.251 e. The molecule has 8 heteroatoms. The van der Waals surface area contributed by atoms with E-state index >= 15 is 0 Å². The van der Waals surface area contributed by atoms with Crippen LogP contribution in [0.15, 0.2) is 94.2 Å². The lowest BCUT2D eigenvalue weighted by molar-refractivity contribution is 0.0953. The van der Waals surface area contributed by atoms with Gasteiger partial charge in [0.05, 0.1) is 5.70 Å². The number of rotatable bonds is 8.